The minimum absolute atomic E-state index is 0.142. The van der Waals surface area contributed by atoms with E-state index in [9.17, 15) is 0 Å². The molecule has 4 nitrogen and oxygen atoms in total. The van der Waals surface area contributed by atoms with Crippen molar-refractivity contribution in [2.75, 3.05) is 6.54 Å². The molecule has 1 rings (SSSR count). The molecule has 0 saturated carbocycles. The van der Waals surface area contributed by atoms with E-state index in [0.29, 0.717) is 6.54 Å². The lowest BCUT2D eigenvalue weighted by Crippen LogP contribution is -2.23. The van der Waals surface area contributed by atoms with Crippen molar-refractivity contribution in [3.63, 3.8) is 0 Å². The average molecular weight is 184 g/mol. The first-order valence-corrected chi connectivity index (χ1v) is 4.47. The number of rotatable bonds is 3. The molecule has 1 aromatic heterocycles. The predicted molar refractivity (Wildman–Crippen MR) is 51.2 cm³/mol. The summed E-state index contributed by atoms with van der Waals surface area (Å²) in [4.78, 5) is 9.27. The second-order valence-corrected chi connectivity index (χ2v) is 3.74. The van der Waals surface area contributed by atoms with Crippen LogP contribution in [0.15, 0.2) is 11.2 Å². The molecule has 0 saturated heterocycles. The molecule has 66 valence electrons. The van der Waals surface area contributed by atoms with Crippen molar-refractivity contribution in [2.24, 2.45) is 16.5 Å². The van der Waals surface area contributed by atoms with Crippen molar-refractivity contribution in [3.8, 4) is 0 Å². The van der Waals surface area contributed by atoms with Crippen LogP contribution in [0.25, 0.3) is 0 Å². The Hall–Kier alpha value is -1.10. The van der Waals surface area contributed by atoms with E-state index in [1.807, 2.05) is 13.1 Å². The number of hydrogen-bond donors (Lipinski definition) is 2. The summed E-state index contributed by atoms with van der Waals surface area (Å²) >= 11 is 1.68. The van der Waals surface area contributed by atoms with Crippen LogP contribution in [0.4, 0.5) is 0 Å². The summed E-state index contributed by atoms with van der Waals surface area (Å²) in [7, 11) is 0. The minimum atomic E-state index is 0.142. The quantitative estimate of drug-likeness (QED) is 0.523. The second kappa shape index (κ2) is 4.06. The van der Waals surface area contributed by atoms with Gasteiger partial charge in [0.2, 0.25) is 0 Å². The van der Waals surface area contributed by atoms with Crippen LogP contribution in [0.1, 0.15) is 9.88 Å². The van der Waals surface area contributed by atoms with Crippen molar-refractivity contribution >= 4 is 17.3 Å². The molecule has 0 amide bonds. The lowest BCUT2D eigenvalue weighted by molar-refractivity contribution is 0.947. The van der Waals surface area contributed by atoms with E-state index in [2.05, 4.69) is 9.98 Å². The maximum absolute atomic E-state index is 5.17. The zero-order valence-electron chi connectivity index (χ0n) is 6.95. The Kier molecular flexibility index (Phi) is 3.04. The van der Waals surface area contributed by atoms with Gasteiger partial charge in [-0.3, -0.25) is 4.99 Å². The van der Waals surface area contributed by atoms with Gasteiger partial charge >= 0.3 is 0 Å². The Labute approximate surface area is 75.3 Å². The molecule has 0 fully saturated rings. The summed E-state index contributed by atoms with van der Waals surface area (Å²) in [6.45, 7) is 2.65. The summed E-state index contributed by atoms with van der Waals surface area (Å²) in [5, 5.41) is 1.08. The van der Waals surface area contributed by atoms with Gasteiger partial charge in [0.25, 0.3) is 0 Å². The largest absolute Gasteiger partial charge is 0.370 e. The Morgan fingerprint density at radius 3 is 2.92 bits per heavy atom. The number of aryl methyl sites for hydroxylation is 1. The smallest absolute Gasteiger partial charge is 0.185 e. The van der Waals surface area contributed by atoms with Crippen LogP contribution >= 0.6 is 11.3 Å². The van der Waals surface area contributed by atoms with Crippen molar-refractivity contribution < 1.29 is 0 Å². The van der Waals surface area contributed by atoms with Gasteiger partial charge in [-0.15, -0.1) is 11.3 Å². The molecule has 4 N–H and O–H groups in total. The van der Waals surface area contributed by atoms with E-state index in [1.165, 1.54) is 4.88 Å². The fraction of sp³-hybridized carbons (Fsp3) is 0.429. The third kappa shape index (κ3) is 2.87. The number of aliphatic imine (C=N–C) groups is 1. The summed E-state index contributed by atoms with van der Waals surface area (Å²) < 4.78 is 0. The molecule has 0 aromatic carbocycles. The van der Waals surface area contributed by atoms with Gasteiger partial charge in [-0.05, 0) is 6.92 Å². The van der Waals surface area contributed by atoms with E-state index in [4.69, 9.17) is 11.5 Å². The lowest BCUT2D eigenvalue weighted by Gasteiger charge is -1.91. The highest BCUT2D eigenvalue weighted by atomic mass is 32.1. The number of aromatic nitrogens is 1. The second-order valence-electron chi connectivity index (χ2n) is 2.42. The van der Waals surface area contributed by atoms with Crippen LogP contribution in [0.3, 0.4) is 0 Å². The monoisotopic (exact) mass is 184 g/mol. The van der Waals surface area contributed by atoms with E-state index < -0.39 is 0 Å². The van der Waals surface area contributed by atoms with Crippen LogP contribution < -0.4 is 11.5 Å². The minimum Gasteiger partial charge on any atom is -0.370 e. The normalized spacial score (nSPS) is 9.75. The molecular formula is C7H12N4S. The van der Waals surface area contributed by atoms with Gasteiger partial charge < -0.3 is 11.5 Å². The Balaban J connectivity index is 2.38. The first-order valence-electron chi connectivity index (χ1n) is 3.65. The van der Waals surface area contributed by atoms with E-state index in [-0.39, 0.29) is 5.96 Å². The summed E-state index contributed by atoms with van der Waals surface area (Å²) in [6.07, 6.45) is 2.67. The Morgan fingerprint density at radius 1 is 1.67 bits per heavy atom. The molecule has 0 radical (unpaired) electrons. The molecule has 1 heterocycles. The van der Waals surface area contributed by atoms with Crippen molar-refractivity contribution in [3.05, 3.63) is 16.1 Å². The maximum Gasteiger partial charge on any atom is 0.185 e. The predicted octanol–water partition coefficient (Wildman–Crippen LogP) is 0.267. The van der Waals surface area contributed by atoms with Crippen LogP contribution in [0.2, 0.25) is 0 Å². The van der Waals surface area contributed by atoms with Crippen molar-refractivity contribution in [1.82, 2.24) is 4.98 Å². The molecule has 0 aliphatic rings. The maximum atomic E-state index is 5.17. The number of nitrogens with zero attached hydrogens (tertiary/aromatic N) is 2. The summed E-state index contributed by atoms with van der Waals surface area (Å²) in [5.74, 6) is 0.142. The molecule has 12 heavy (non-hydrogen) atoms. The summed E-state index contributed by atoms with van der Waals surface area (Å²) in [6, 6.07) is 0. The highest BCUT2D eigenvalue weighted by Crippen LogP contribution is 2.11. The molecule has 5 heteroatoms. The van der Waals surface area contributed by atoms with E-state index in [0.717, 1.165) is 11.4 Å². The number of thiazole rings is 1. The third-order valence-corrected chi connectivity index (χ3v) is 2.26. The van der Waals surface area contributed by atoms with Crippen LogP contribution in [0, 0.1) is 6.92 Å². The van der Waals surface area contributed by atoms with Crippen molar-refractivity contribution in [2.45, 2.75) is 13.3 Å². The van der Waals surface area contributed by atoms with Crippen LogP contribution in [0.5, 0.6) is 0 Å². The van der Waals surface area contributed by atoms with Gasteiger partial charge in [0, 0.05) is 24.0 Å². The SMILES string of the molecule is Cc1cnc(CCN=C(N)N)s1. The zero-order valence-corrected chi connectivity index (χ0v) is 7.77. The average Bonchev–Trinajstić information content (AvgIpc) is 2.35. The molecule has 0 unspecified atom stereocenters. The fourth-order valence-electron chi connectivity index (χ4n) is 0.798. The van der Waals surface area contributed by atoms with Gasteiger partial charge in [-0.1, -0.05) is 0 Å². The number of guanidine groups is 1. The van der Waals surface area contributed by atoms with E-state index >= 15 is 0 Å². The Morgan fingerprint density at radius 2 is 2.42 bits per heavy atom. The molecule has 0 bridgehead atoms. The van der Waals surface area contributed by atoms with Gasteiger partial charge in [0.15, 0.2) is 5.96 Å². The first kappa shape index (κ1) is 8.99. The Bertz CT molecular complexity index is 275. The number of nitrogens with two attached hydrogens (primary N) is 2. The lowest BCUT2D eigenvalue weighted by atomic mass is 10.4. The van der Waals surface area contributed by atoms with Crippen LogP contribution in [-0.2, 0) is 6.42 Å². The van der Waals surface area contributed by atoms with Crippen LogP contribution in [-0.4, -0.2) is 17.5 Å². The van der Waals surface area contributed by atoms with Gasteiger partial charge in [0.05, 0.1) is 5.01 Å². The first-order chi connectivity index (χ1) is 5.68. The zero-order chi connectivity index (χ0) is 8.97. The molecule has 0 aliphatic carbocycles. The standard InChI is InChI=1S/C7H12N4S/c1-5-4-11-6(12-5)2-3-10-7(8)9/h4H,2-3H2,1H3,(H4,8,9,10). The highest BCUT2D eigenvalue weighted by molar-refractivity contribution is 7.11. The highest BCUT2D eigenvalue weighted by Gasteiger charge is 1.96. The molecule has 0 atom stereocenters. The van der Waals surface area contributed by atoms with Gasteiger partial charge in [0.1, 0.15) is 0 Å². The molecule has 0 aliphatic heterocycles. The molecular weight excluding hydrogens is 172 g/mol. The van der Waals surface area contributed by atoms with Crippen molar-refractivity contribution in [1.29, 1.82) is 0 Å². The summed E-state index contributed by atoms with van der Waals surface area (Å²) in [5.41, 5.74) is 10.3. The third-order valence-electron chi connectivity index (χ3n) is 1.29. The topological polar surface area (TPSA) is 77.3 Å². The molecule has 0 spiro atoms. The van der Waals surface area contributed by atoms with Gasteiger partial charge in [-0.25, -0.2) is 4.98 Å². The molecule has 1 aromatic rings. The fourth-order valence-corrected chi connectivity index (χ4v) is 1.57. The van der Waals surface area contributed by atoms with Gasteiger partial charge in [-0.2, -0.15) is 0 Å². The van der Waals surface area contributed by atoms with E-state index in [1.54, 1.807) is 11.3 Å². The number of hydrogen-bond acceptors (Lipinski definition) is 3.